The molecule has 1 saturated heterocycles. The molecule has 1 fully saturated rings. The number of nitriles is 1. The Kier molecular flexibility index (Phi) is 5.81. The number of thiophene rings is 1. The SMILES string of the molecule is C[C@@H]1C[C@H](C)C[NH+]([C@@H](C)C(=O)Nc2sc3c(c2C#N)CCCCC3)C1. The molecular weight excluding hydrogens is 330 g/mol. The molecule has 25 heavy (non-hydrogen) atoms. The first kappa shape index (κ1) is 18.4. The molecule has 1 aliphatic heterocycles. The zero-order valence-electron chi connectivity index (χ0n) is 15.7. The van der Waals surface area contributed by atoms with E-state index in [4.69, 9.17) is 0 Å². The molecule has 0 radical (unpaired) electrons. The Labute approximate surface area is 155 Å². The first-order valence-corrected chi connectivity index (χ1v) is 10.5. The van der Waals surface area contributed by atoms with E-state index in [1.54, 1.807) is 11.3 Å². The Balaban J connectivity index is 1.73. The highest BCUT2D eigenvalue weighted by Gasteiger charge is 2.33. The van der Waals surface area contributed by atoms with Crippen LogP contribution < -0.4 is 10.2 Å². The van der Waals surface area contributed by atoms with Crippen LogP contribution in [0.4, 0.5) is 5.00 Å². The molecule has 2 aliphatic rings. The summed E-state index contributed by atoms with van der Waals surface area (Å²) in [5, 5.41) is 13.5. The minimum Gasteiger partial charge on any atom is -0.324 e. The summed E-state index contributed by atoms with van der Waals surface area (Å²) in [5.41, 5.74) is 1.92. The molecule has 1 unspecified atom stereocenters. The Morgan fingerprint density at radius 1 is 1.24 bits per heavy atom. The lowest BCUT2D eigenvalue weighted by Gasteiger charge is -2.35. The highest BCUT2D eigenvalue weighted by Crippen LogP contribution is 2.37. The van der Waals surface area contributed by atoms with Crippen molar-refractivity contribution in [1.82, 2.24) is 0 Å². The zero-order valence-corrected chi connectivity index (χ0v) is 16.5. The fourth-order valence-electron chi connectivity index (χ4n) is 4.54. The van der Waals surface area contributed by atoms with Crippen molar-refractivity contribution >= 4 is 22.2 Å². The Hall–Kier alpha value is -1.38. The highest BCUT2D eigenvalue weighted by molar-refractivity contribution is 7.16. The van der Waals surface area contributed by atoms with Crippen LogP contribution in [0.1, 0.15) is 62.5 Å². The molecule has 4 nitrogen and oxygen atoms in total. The van der Waals surface area contributed by atoms with E-state index in [9.17, 15) is 10.1 Å². The number of rotatable bonds is 3. The van der Waals surface area contributed by atoms with Gasteiger partial charge in [0, 0.05) is 16.7 Å². The van der Waals surface area contributed by atoms with Gasteiger partial charge in [-0.3, -0.25) is 4.79 Å². The van der Waals surface area contributed by atoms with Crippen LogP contribution in [0.15, 0.2) is 0 Å². The fourth-order valence-corrected chi connectivity index (χ4v) is 5.78. The smallest absolute Gasteiger partial charge is 0.283 e. The van der Waals surface area contributed by atoms with Crippen LogP contribution in [0, 0.1) is 23.2 Å². The molecule has 1 aromatic heterocycles. The molecular formula is C20H30N3OS+. The molecule has 0 bridgehead atoms. The van der Waals surface area contributed by atoms with Gasteiger partial charge in [0.05, 0.1) is 18.7 Å². The summed E-state index contributed by atoms with van der Waals surface area (Å²) >= 11 is 1.63. The zero-order chi connectivity index (χ0) is 18.0. The number of carbonyl (C=O) groups is 1. The first-order chi connectivity index (χ1) is 12.0. The molecule has 5 heteroatoms. The summed E-state index contributed by atoms with van der Waals surface area (Å²) in [4.78, 5) is 15.5. The van der Waals surface area contributed by atoms with Gasteiger partial charge in [0.25, 0.3) is 5.91 Å². The van der Waals surface area contributed by atoms with E-state index in [0.717, 1.165) is 42.9 Å². The van der Waals surface area contributed by atoms with Crippen molar-refractivity contribution in [2.24, 2.45) is 11.8 Å². The maximum absolute atomic E-state index is 12.8. The van der Waals surface area contributed by atoms with Crippen LogP contribution in [0.2, 0.25) is 0 Å². The van der Waals surface area contributed by atoms with Gasteiger partial charge in [-0.2, -0.15) is 5.26 Å². The second-order valence-electron chi connectivity index (χ2n) is 8.10. The number of aryl methyl sites for hydroxylation is 1. The van der Waals surface area contributed by atoms with Crippen molar-refractivity contribution < 1.29 is 9.69 Å². The molecule has 2 N–H and O–H groups in total. The van der Waals surface area contributed by atoms with Gasteiger partial charge in [0.15, 0.2) is 6.04 Å². The van der Waals surface area contributed by atoms with Gasteiger partial charge in [0.1, 0.15) is 11.1 Å². The summed E-state index contributed by atoms with van der Waals surface area (Å²) in [5.74, 6) is 1.40. The summed E-state index contributed by atoms with van der Waals surface area (Å²) in [6.45, 7) is 8.71. The number of fused-ring (bicyclic) bond motifs is 1. The number of nitrogens with one attached hydrogen (secondary N) is 2. The number of likely N-dealkylation sites (tertiary alicyclic amines) is 1. The van der Waals surface area contributed by atoms with E-state index in [1.807, 2.05) is 6.92 Å². The Bertz CT molecular complexity index is 665. The van der Waals surface area contributed by atoms with Crippen LogP contribution >= 0.6 is 11.3 Å². The van der Waals surface area contributed by atoms with Gasteiger partial charge < -0.3 is 10.2 Å². The van der Waals surface area contributed by atoms with Crippen LogP contribution in [0.3, 0.4) is 0 Å². The van der Waals surface area contributed by atoms with E-state index >= 15 is 0 Å². The van der Waals surface area contributed by atoms with Crippen molar-refractivity contribution in [2.45, 2.75) is 65.3 Å². The number of hydrogen-bond donors (Lipinski definition) is 2. The molecule has 0 aromatic carbocycles. The number of carbonyl (C=O) groups excluding carboxylic acids is 1. The standard InChI is InChI=1S/C20H29N3OS/c1-13-9-14(2)12-23(11-13)15(3)19(24)22-20-17(10-21)16-7-5-4-6-8-18(16)25-20/h13-15H,4-9,11-12H2,1-3H3,(H,22,24)/p+1/t13-,14+,15-/m0/s1. The average Bonchev–Trinajstić information content (AvgIpc) is 2.73. The molecule has 0 saturated carbocycles. The quantitative estimate of drug-likeness (QED) is 0.815. The van der Waals surface area contributed by atoms with E-state index in [-0.39, 0.29) is 11.9 Å². The molecule has 1 amide bonds. The first-order valence-electron chi connectivity index (χ1n) is 9.69. The van der Waals surface area contributed by atoms with Crippen molar-refractivity contribution in [3.63, 3.8) is 0 Å². The van der Waals surface area contributed by atoms with E-state index in [0.29, 0.717) is 11.8 Å². The Morgan fingerprint density at radius 3 is 2.60 bits per heavy atom. The van der Waals surface area contributed by atoms with Crippen molar-refractivity contribution in [1.29, 1.82) is 5.26 Å². The topological polar surface area (TPSA) is 57.3 Å². The predicted molar refractivity (Wildman–Crippen MR) is 102 cm³/mol. The number of anilines is 1. The second kappa shape index (κ2) is 7.88. The van der Waals surface area contributed by atoms with E-state index in [2.05, 4.69) is 25.2 Å². The summed E-state index contributed by atoms with van der Waals surface area (Å²) < 4.78 is 0. The van der Waals surface area contributed by atoms with Gasteiger partial charge in [-0.1, -0.05) is 20.3 Å². The highest BCUT2D eigenvalue weighted by atomic mass is 32.1. The number of quaternary nitrogens is 1. The number of amides is 1. The molecule has 1 aliphatic carbocycles. The predicted octanol–water partition coefficient (Wildman–Crippen LogP) is 2.78. The maximum Gasteiger partial charge on any atom is 0.283 e. The summed E-state index contributed by atoms with van der Waals surface area (Å²) in [6, 6.07) is 2.29. The molecule has 136 valence electrons. The molecule has 4 atom stereocenters. The third-order valence-electron chi connectivity index (χ3n) is 5.80. The molecule has 3 rings (SSSR count). The van der Waals surface area contributed by atoms with Gasteiger partial charge in [-0.25, -0.2) is 0 Å². The van der Waals surface area contributed by atoms with Gasteiger partial charge in [-0.15, -0.1) is 11.3 Å². The van der Waals surface area contributed by atoms with Gasteiger partial charge >= 0.3 is 0 Å². The Morgan fingerprint density at radius 2 is 1.92 bits per heavy atom. The summed E-state index contributed by atoms with van der Waals surface area (Å²) in [6.07, 6.45) is 6.86. The number of nitrogens with zero attached hydrogens (tertiary/aromatic N) is 1. The van der Waals surface area contributed by atoms with Crippen LogP contribution in [-0.2, 0) is 17.6 Å². The largest absolute Gasteiger partial charge is 0.324 e. The minimum atomic E-state index is -0.0707. The molecule has 0 spiro atoms. The van der Waals surface area contributed by atoms with Crippen molar-refractivity contribution in [2.75, 3.05) is 18.4 Å². The van der Waals surface area contributed by atoms with Crippen molar-refractivity contribution in [3.8, 4) is 6.07 Å². The summed E-state index contributed by atoms with van der Waals surface area (Å²) in [7, 11) is 0. The fraction of sp³-hybridized carbons (Fsp3) is 0.700. The van der Waals surface area contributed by atoms with Gasteiger partial charge in [-0.05, 0) is 44.6 Å². The number of hydrogen-bond acceptors (Lipinski definition) is 3. The third-order valence-corrected chi connectivity index (χ3v) is 7.01. The minimum absolute atomic E-state index is 0.0595. The van der Waals surface area contributed by atoms with E-state index < -0.39 is 0 Å². The third kappa shape index (κ3) is 4.07. The average molecular weight is 361 g/mol. The second-order valence-corrected chi connectivity index (χ2v) is 9.21. The van der Waals surface area contributed by atoms with Crippen LogP contribution in [-0.4, -0.2) is 25.0 Å². The van der Waals surface area contributed by atoms with Crippen molar-refractivity contribution in [3.05, 3.63) is 16.0 Å². The monoisotopic (exact) mass is 360 g/mol. The number of piperidine rings is 1. The molecule has 2 heterocycles. The van der Waals surface area contributed by atoms with E-state index in [1.165, 1.54) is 34.6 Å². The molecule has 1 aromatic rings. The lowest BCUT2D eigenvalue weighted by atomic mass is 9.91. The normalized spacial score (nSPS) is 27.7. The van der Waals surface area contributed by atoms with Crippen LogP contribution in [0.5, 0.6) is 0 Å². The lowest BCUT2D eigenvalue weighted by molar-refractivity contribution is -0.925. The lowest BCUT2D eigenvalue weighted by Crippen LogP contribution is -3.18. The van der Waals surface area contributed by atoms with Crippen LogP contribution in [0.25, 0.3) is 0 Å². The van der Waals surface area contributed by atoms with Gasteiger partial charge in [0.2, 0.25) is 0 Å². The maximum atomic E-state index is 12.8.